The minimum Gasteiger partial charge on any atom is -0.507 e. The van der Waals surface area contributed by atoms with Crippen LogP contribution in [0.15, 0.2) is 12.1 Å². The summed E-state index contributed by atoms with van der Waals surface area (Å²) in [4.78, 5) is 0. The number of hydrogen-bond donors (Lipinski definition) is 1. The van der Waals surface area contributed by atoms with Crippen LogP contribution in [-0.2, 0) is 19.3 Å². The van der Waals surface area contributed by atoms with E-state index >= 15 is 0 Å². The number of phenols is 1. The molecule has 1 aromatic rings. The van der Waals surface area contributed by atoms with Gasteiger partial charge in [0.15, 0.2) is 0 Å². The first-order valence-corrected chi connectivity index (χ1v) is 21.5. The zero-order valence-electron chi connectivity index (χ0n) is 29.3. The normalized spacial score (nSPS) is 11.5. The van der Waals surface area contributed by atoms with Gasteiger partial charge in [-0.05, 0) is 91.1 Å². The van der Waals surface area contributed by atoms with Crippen molar-refractivity contribution in [2.45, 2.75) is 194 Å². The largest absolute Gasteiger partial charge is 0.507 e. The summed E-state index contributed by atoms with van der Waals surface area (Å²) in [5.74, 6) is 5.69. The van der Waals surface area contributed by atoms with Crippen molar-refractivity contribution in [2.24, 2.45) is 0 Å². The van der Waals surface area contributed by atoms with Crippen LogP contribution in [0, 0.1) is 0 Å². The van der Waals surface area contributed by atoms with Crippen molar-refractivity contribution in [1.29, 1.82) is 0 Å². The lowest BCUT2D eigenvalue weighted by Gasteiger charge is -2.15. The minimum atomic E-state index is 0.632. The summed E-state index contributed by atoms with van der Waals surface area (Å²) >= 11 is 4.25. The molecule has 1 rings (SSSR count). The Balaban J connectivity index is 2.19. The number of thioether (sulfide) groups is 2. The van der Waals surface area contributed by atoms with Gasteiger partial charge in [0.25, 0.3) is 0 Å². The maximum absolute atomic E-state index is 11.3. The van der Waals surface area contributed by atoms with Gasteiger partial charge in [-0.15, -0.1) is 0 Å². The van der Waals surface area contributed by atoms with Gasteiger partial charge in [0.1, 0.15) is 5.75 Å². The summed E-state index contributed by atoms with van der Waals surface area (Å²) in [6.07, 6.45) is 36.3. The summed E-state index contributed by atoms with van der Waals surface area (Å²) in [5.41, 5.74) is 3.86. The van der Waals surface area contributed by atoms with Crippen LogP contribution in [0.1, 0.15) is 192 Å². The Labute approximate surface area is 279 Å². The second-order valence-electron chi connectivity index (χ2n) is 13.1. The molecule has 0 bridgehead atoms. The van der Waals surface area contributed by atoms with Gasteiger partial charge < -0.3 is 5.11 Å². The Morgan fingerprint density at radius 2 is 0.744 bits per heavy atom. The molecule has 1 N–H and O–H groups in total. The second-order valence-corrected chi connectivity index (χ2v) is 15.6. The molecular formula is C40H74OS2. The number of benzene rings is 1. The lowest BCUT2D eigenvalue weighted by atomic mass is 9.94. The molecule has 0 saturated heterocycles. The van der Waals surface area contributed by atoms with Gasteiger partial charge >= 0.3 is 0 Å². The summed E-state index contributed by atoms with van der Waals surface area (Å²) in [5, 5.41) is 11.3. The fourth-order valence-corrected chi connectivity index (χ4v) is 8.03. The highest BCUT2D eigenvalue weighted by atomic mass is 32.2. The molecule has 1 aromatic carbocycles. The third-order valence-corrected chi connectivity index (χ3v) is 11.3. The first-order chi connectivity index (χ1) is 21.2. The van der Waals surface area contributed by atoms with Crippen LogP contribution in [-0.4, -0.2) is 28.1 Å². The molecule has 0 aliphatic heterocycles. The number of phenolic OH excluding ortho intramolecular Hbond substituents is 1. The van der Waals surface area contributed by atoms with Gasteiger partial charge in [-0.2, -0.15) is 23.5 Å². The predicted octanol–water partition coefficient (Wildman–Crippen LogP) is 13.9. The number of rotatable bonds is 33. The van der Waals surface area contributed by atoms with Gasteiger partial charge in [0.05, 0.1) is 0 Å². The van der Waals surface area contributed by atoms with Crippen LogP contribution in [0.5, 0.6) is 5.75 Å². The second kappa shape index (κ2) is 31.7. The lowest BCUT2D eigenvalue weighted by Crippen LogP contribution is -2.01. The summed E-state index contributed by atoms with van der Waals surface area (Å²) in [6, 6.07) is 4.57. The molecule has 3 heteroatoms. The Hall–Kier alpha value is -0.280. The molecule has 0 heterocycles. The SMILES string of the molecule is CCCCCCCCCCCCSCCCc1ccc(CCCC)c(CCCSCCCCCCCCCCCC)c1O. The number of aryl methyl sites for hydroxylation is 2. The van der Waals surface area contributed by atoms with Crippen LogP contribution < -0.4 is 0 Å². The smallest absolute Gasteiger partial charge is 0.122 e. The number of aromatic hydroxyl groups is 1. The molecule has 0 radical (unpaired) electrons. The predicted molar refractivity (Wildman–Crippen MR) is 202 cm³/mol. The van der Waals surface area contributed by atoms with E-state index in [-0.39, 0.29) is 0 Å². The van der Waals surface area contributed by atoms with Crippen LogP contribution in [0.2, 0.25) is 0 Å². The highest BCUT2D eigenvalue weighted by Gasteiger charge is 2.12. The van der Waals surface area contributed by atoms with Gasteiger partial charge in [-0.1, -0.05) is 155 Å². The maximum Gasteiger partial charge on any atom is 0.122 e. The molecule has 0 unspecified atom stereocenters. The molecule has 0 aliphatic rings. The van der Waals surface area contributed by atoms with Crippen molar-refractivity contribution in [3.8, 4) is 5.75 Å². The van der Waals surface area contributed by atoms with E-state index in [9.17, 15) is 5.11 Å². The quantitative estimate of drug-likeness (QED) is 0.0777. The van der Waals surface area contributed by atoms with Gasteiger partial charge in [-0.25, -0.2) is 0 Å². The fourth-order valence-electron chi connectivity index (χ4n) is 6.11. The first-order valence-electron chi connectivity index (χ1n) is 19.2. The van der Waals surface area contributed by atoms with Gasteiger partial charge in [-0.3, -0.25) is 0 Å². The Bertz CT molecular complexity index is 719. The molecule has 0 spiro atoms. The average Bonchev–Trinajstić information content (AvgIpc) is 3.02. The van der Waals surface area contributed by atoms with Crippen molar-refractivity contribution in [3.05, 3.63) is 28.8 Å². The molecule has 0 aliphatic carbocycles. The summed E-state index contributed by atoms with van der Waals surface area (Å²) < 4.78 is 0. The van der Waals surface area contributed by atoms with Crippen molar-refractivity contribution in [1.82, 2.24) is 0 Å². The average molecular weight is 635 g/mol. The first kappa shape index (κ1) is 40.7. The zero-order chi connectivity index (χ0) is 31.1. The Kier molecular flexibility index (Phi) is 30.0. The van der Waals surface area contributed by atoms with Crippen LogP contribution >= 0.6 is 23.5 Å². The van der Waals surface area contributed by atoms with Crippen molar-refractivity contribution in [2.75, 3.05) is 23.0 Å². The standard InChI is InChI=1S/C40H74OS2/c1-4-7-10-12-14-16-18-20-22-24-33-42-35-26-29-38-32-31-37(28-9-6-3)39(40(38)41)30-27-36-43-34-25-23-21-19-17-15-13-11-8-5-2/h31-32,41H,4-30,33-36H2,1-3H3. The van der Waals surface area contributed by atoms with E-state index in [1.165, 1.54) is 194 Å². The summed E-state index contributed by atoms with van der Waals surface area (Å²) in [7, 11) is 0. The summed E-state index contributed by atoms with van der Waals surface area (Å²) in [6.45, 7) is 6.86. The fraction of sp³-hybridized carbons (Fsp3) is 0.850. The number of unbranched alkanes of at least 4 members (excludes halogenated alkanes) is 19. The van der Waals surface area contributed by atoms with E-state index in [4.69, 9.17) is 0 Å². The molecule has 0 amide bonds. The topological polar surface area (TPSA) is 20.2 Å². The van der Waals surface area contributed by atoms with E-state index in [2.05, 4.69) is 56.4 Å². The molecule has 0 atom stereocenters. The van der Waals surface area contributed by atoms with E-state index in [1.807, 2.05) is 0 Å². The maximum atomic E-state index is 11.3. The molecule has 1 nitrogen and oxygen atoms in total. The van der Waals surface area contributed by atoms with Gasteiger partial charge in [0, 0.05) is 0 Å². The van der Waals surface area contributed by atoms with Crippen molar-refractivity contribution < 1.29 is 5.11 Å². The molecule has 43 heavy (non-hydrogen) atoms. The minimum absolute atomic E-state index is 0.632. The lowest BCUT2D eigenvalue weighted by molar-refractivity contribution is 0.458. The molecular weight excluding hydrogens is 561 g/mol. The van der Waals surface area contributed by atoms with Crippen LogP contribution in [0.4, 0.5) is 0 Å². The Morgan fingerprint density at radius 1 is 0.395 bits per heavy atom. The van der Waals surface area contributed by atoms with E-state index in [0.29, 0.717) is 5.75 Å². The zero-order valence-corrected chi connectivity index (χ0v) is 31.0. The molecule has 0 fully saturated rings. The highest BCUT2D eigenvalue weighted by molar-refractivity contribution is 7.99. The van der Waals surface area contributed by atoms with Crippen LogP contribution in [0.3, 0.4) is 0 Å². The third-order valence-electron chi connectivity index (χ3n) is 9.00. The van der Waals surface area contributed by atoms with Crippen molar-refractivity contribution in [3.63, 3.8) is 0 Å². The van der Waals surface area contributed by atoms with Gasteiger partial charge in [0.2, 0.25) is 0 Å². The number of hydrogen-bond acceptors (Lipinski definition) is 3. The van der Waals surface area contributed by atoms with Crippen LogP contribution in [0.25, 0.3) is 0 Å². The molecule has 0 aromatic heterocycles. The molecule has 0 saturated carbocycles. The molecule has 252 valence electrons. The van der Waals surface area contributed by atoms with E-state index in [1.54, 1.807) is 0 Å². The Morgan fingerprint density at radius 3 is 1.21 bits per heavy atom. The van der Waals surface area contributed by atoms with E-state index in [0.717, 1.165) is 19.3 Å². The van der Waals surface area contributed by atoms with E-state index < -0.39 is 0 Å². The van der Waals surface area contributed by atoms with Crippen molar-refractivity contribution >= 4 is 23.5 Å². The third kappa shape index (κ3) is 23.7. The monoisotopic (exact) mass is 635 g/mol. The highest BCUT2D eigenvalue weighted by Crippen LogP contribution is 2.30.